The summed E-state index contributed by atoms with van der Waals surface area (Å²) in [5.41, 5.74) is 0.554. The molecule has 1 aromatic carbocycles. The van der Waals surface area contributed by atoms with Crippen molar-refractivity contribution in [3.63, 3.8) is 0 Å². The normalized spacial score (nSPS) is 16.2. The molecule has 8 heteroatoms. The molecule has 132 valence electrons. The van der Waals surface area contributed by atoms with Gasteiger partial charge in [0.25, 0.3) is 0 Å². The van der Waals surface area contributed by atoms with Crippen LogP contribution in [0, 0.1) is 11.2 Å². The lowest BCUT2D eigenvalue weighted by molar-refractivity contribution is -0.127. The summed E-state index contributed by atoms with van der Waals surface area (Å²) < 4.78 is 50.9. The lowest BCUT2D eigenvalue weighted by atomic mass is 10.1. The standard InChI is InChI=1S/C16H20F4N4/c1-11(8-15(21)24-6-4-22-5-7-24)23-13-2-3-14(17)12(9-13)10-16(18,19)20/h2-3,8-9,21-23H,4-7,10H2,1H3/b11-8-,21-15?. The summed E-state index contributed by atoms with van der Waals surface area (Å²) >= 11 is 0. The number of nitrogens with zero attached hydrogens (tertiary/aromatic N) is 1. The largest absolute Gasteiger partial charge is 0.393 e. The number of anilines is 1. The van der Waals surface area contributed by atoms with E-state index in [1.165, 1.54) is 6.07 Å². The molecule has 1 aliphatic heterocycles. The summed E-state index contributed by atoms with van der Waals surface area (Å²) in [6.45, 7) is 4.79. The number of hydrogen-bond acceptors (Lipinski definition) is 3. The molecule has 1 aromatic rings. The van der Waals surface area contributed by atoms with Crippen LogP contribution >= 0.6 is 0 Å². The predicted octanol–water partition coefficient (Wildman–Crippen LogP) is 3.13. The zero-order chi connectivity index (χ0) is 17.7. The molecule has 0 saturated carbocycles. The molecular formula is C16H20F4N4. The summed E-state index contributed by atoms with van der Waals surface area (Å²) in [7, 11) is 0. The van der Waals surface area contributed by atoms with Gasteiger partial charge in [-0.3, -0.25) is 5.41 Å². The number of rotatable bonds is 4. The smallest absolute Gasteiger partial charge is 0.359 e. The van der Waals surface area contributed by atoms with E-state index in [1.54, 1.807) is 13.0 Å². The maximum Gasteiger partial charge on any atom is 0.393 e. The zero-order valence-corrected chi connectivity index (χ0v) is 13.3. The highest BCUT2D eigenvalue weighted by Crippen LogP contribution is 2.25. The van der Waals surface area contributed by atoms with Crippen LogP contribution in [0.5, 0.6) is 0 Å². The van der Waals surface area contributed by atoms with Crippen LogP contribution in [0.3, 0.4) is 0 Å². The van der Waals surface area contributed by atoms with Crippen LogP contribution in [0.15, 0.2) is 30.0 Å². The van der Waals surface area contributed by atoms with Gasteiger partial charge in [-0.25, -0.2) is 4.39 Å². The maximum absolute atomic E-state index is 13.5. The van der Waals surface area contributed by atoms with Crippen molar-refractivity contribution in [3.8, 4) is 0 Å². The summed E-state index contributed by atoms with van der Waals surface area (Å²) in [6, 6.07) is 3.54. The van der Waals surface area contributed by atoms with E-state index in [2.05, 4.69) is 10.6 Å². The Kier molecular flexibility index (Phi) is 5.82. The van der Waals surface area contributed by atoms with Gasteiger partial charge < -0.3 is 15.5 Å². The molecule has 3 N–H and O–H groups in total. The minimum atomic E-state index is -4.46. The van der Waals surface area contributed by atoms with Gasteiger partial charge >= 0.3 is 6.18 Å². The van der Waals surface area contributed by atoms with E-state index in [0.29, 0.717) is 17.2 Å². The first-order valence-electron chi connectivity index (χ1n) is 7.59. The molecule has 0 atom stereocenters. The number of nitrogens with one attached hydrogen (secondary N) is 3. The molecule has 1 aliphatic rings. The minimum absolute atomic E-state index is 0.333. The number of halogens is 4. The van der Waals surface area contributed by atoms with Crippen LogP contribution in [0.25, 0.3) is 0 Å². The first kappa shape index (κ1) is 18.3. The van der Waals surface area contributed by atoms with Crippen LogP contribution in [0.4, 0.5) is 23.2 Å². The molecule has 0 aromatic heterocycles. The molecule has 1 heterocycles. The fraction of sp³-hybridized carbons (Fsp3) is 0.438. The van der Waals surface area contributed by atoms with E-state index < -0.39 is 24.0 Å². The molecule has 0 radical (unpaired) electrons. The number of piperazine rings is 1. The van der Waals surface area contributed by atoms with Gasteiger partial charge in [-0.05, 0) is 36.8 Å². The quantitative estimate of drug-likeness (QED) is 0.447. The number of benzene rings is 1. The van der Waals surface area contributed by atoms with Crippen molar-refractivity contribution in [1.82, 2.24) is 10.2 Å². The van der Waals surface area contributed by atoms with Crippen molar-refractivity contribution in [2.45, 2.75) is 19.5 Å². The predicted molar refractivity (Wildman–Crippen MR) is 85.7 cm³/mol. The average Bonchev–Trinajstić information content (AvgIpc) is 2.50. The lowest BCUT2D eigenvalue weighted by Crippen LogP contribution is -2.45. The third-order valence-electron chi connectivity index (χ3n) is 3.59. The maximum atomic E-state index is 13.5. The fourth-order valence-corrected chi connectivity index (χ4v) is 2.47. The lowest BCUT2D eigenvalue weighted by Gasteiger charge is -2.28. The molecule has 0 unspecified atom stereocenters. The van der Waals surface area contributed by atoms with E-state index in [0.717, 1.165) is 38.3 Å². The minimum Gasteiger partial charge on any atom is -0.359 e. The van der Waals surface area contributed by atoms with Crippen molar-refractivity contribution in [2.24, 2.45) is 0 Å². The van der Waals surface area contributed by atoms with E-state index in [9.17, 15) is 17.6 Å². The highest BCUT2D eigenvalue weighted by Gasteiger charge is 2.29. The van der Waals surface area contributed by atoms with E-state index in [1.807, 2.05) is 4.90 Å². The molecule has 4 nitrogen and oxygen atoms in total. The first-order chi connectivity index (χ1) is 11.2. The Morgan fingerprint density at radius 3 is 2.62 bits per heavy atom. The Labute approximate surface area is 138 Å². The molecule has 0 bridgehead atoms. The Morgan fingerprint density at radius 2 is 2.00 bits per heavy atom. The fourth-order valence-electron chi connectivity index (χ4n) is 2.47. The van der Waals surface area contributed by atoms with Crippen LogP contribution < -0.4 is 10.6 Å². The van der Waals surface area contributed by atoms with Gasteiger partial charge in [-0.15, -0.1) is 0 Å². The molecule has 1 fully saturated rings. The Balaban J connectivity index is 2.05. The Morgan fingerprint density at radius 1 is 1.33 bits per heavy atom. The van der Waals surface area contributed by atoms with E-state index in [-0.39, 0.29) is 0 Å². The van der Waals surface area contributed by atoms with Gasteiger partial charge in [-0.1, -0.05) is 0 Å². The third kappa shape index (κ3) is 5.52. The SMILES string of the molecule is C/C(=C/C(=N)N1CCNCC1)Nc1ccc(F)c(CC(F)(F)F)c1. The summed E-state index contributed by atoms with van der Waals surface area (Å²) in [5.74, 6) is -0.549. The monoisotopic (exact) mass is 344 g/mol. The summed E-state index contributed by atoms with van der Waals surface area (Å²) in [4.78, 5) is 1.90. The Hall–Kier alpha value is -2.09. The van der Waals surface area contributed by atoms with Gasteiger partial charge in [0.1, 0.15) is 11.7 Å². The number of allylic oxidation sites excluding steroid dienone is 1. The Bertz CT molecular complexity index is 619. The van der Waals surface area contributed by atoms with Gasteiger partial charge in [0.05, 0.1) is 6.42 Å². The highest BCUT2D eigenvalue weighted by molar-refractivity contribution is 5.91. The average molecular weight is 344 g/mol. The van der Waals surface area contributed by atoms with Crippen molar-refractivity contribution in [3.05, 3.63) is 41.4 Å². The van der Waals surface area contributed by atoms with Crippen LogP contribution in [-0.2, 0) is 6.42 Å². The van der Waals surface area contributed by atoms with Crippen LogP contribution in [-0.4, -0.2) is 43.1 Å². The second kappa shape index (κ2) is 7.65. The molecule has 24 heavy (non-hydrogen) atoms. The summed E-state index contributed by atoms with van der Waals surface area (Å²) in [5, 5.41) is 14.1. The summed E-state index contributed by atoms with van der Waals surface area (Å²) in [6.07, 6.45) is -4.17. The number of hydrogen-bond donors (Lipinski definition) is 3. The van der Waals surface area contributed by atoms with Gasteiger partial charge in [-0.2, -0.15) is 13.2 Å². The molecule has 2 rings (SSSR count). The van der Waals surface area contributed by atoms with Crippen molar-refractivity contribution >= 4 is 11.5 Å². The first-order valence-corrected chi connectivity index (χ1v) is 7.59. The number of alkyl halides is 3. The van der Waals surface area contributed by atoms with Gasteiger partial charge in [0.2, 0.25) is 0 Å². The van der Waals surface area contributed by atoms with E-state index >= 15 is 0 Å². The molecule has 0 spiro atoms. The molecule has 0 amide bonds. The zero-order valence-electron chi connectivity index (χ0n) is 13.3. The third-order valence-corrected chi connectivity index (χ3v) is 3.59. The van der Waals surface area contributed by atoms with Crippen molar-refractivity contribution in [2.75, 3.05) is 31.5 Å². The van der Waals surface area contributed by atoms with Crippen LogP contribution in [0.2, 0.25) is 0 Å². The molecule has 1 saturated heterocycles. The van der Waals surface area contributed by atoms with Gasteiger partial charge in [0.15, 0.2) is 0 Å². The second-order valence-corrected chi connectivity index (χ2v) is 5.67. The highest BCUT2D eigenvalue weighted by atomic mass is 19.4. The molecular weight excluding hydrogens is 324 g/mol. The topological polar surface area (TPSA) is 51.2 Å². The van der Waals surface area contributed by atoms with E-state index in [4.69, 9.17) is 5.41 Å². The molecule has 0 aliphatic carbocycles. The number of amidine groups is 1. The second-order valence-electron chi connectivity index (χ2n) is 5.67. The van der Waals surface area contributed by atoms with Crippen LogP contribution in [0.1, 0.15) is 12.5 Å². The van der Waals surface area contributed by atoms with Gasteiger partial charge in [0, 0.05) is 37.6 Å². The van der Waals surface area contributed by atoms with Crippen molar-refractivity contribution in [1.29, 1.82) is 5.41 Å². The van der Waals surface area contributed by atoms with Crippen molar-refractivity contribution < 1.29 is 17.6 Å².